The second-order valence-electron chi connectivity index (χ2n) is 8.10. The molecule has 2 amide bonds. The summed E-state index contributed by atoms with van der Waals surface area (Å²) in [6, 6.07) is 11.4. The zero-order valence-corrected chi connectivity index (χ0v) is 18.3. The lowest BCUT2D eigenvalue weighted by Crippen LogP contribution is -2.23. The highest BCUT2D eigenvalue weighted by Gasteiger charge is 2.26. The second-order valence-corrected chi connectivity index (χ2v) is 8.10. The maximum absolute atomic E-state index is 13.5. The number of nitrogens with two attached hydrogens (primary N) is 2. The molecule has 0 spiro atoms. The van der Waals surface area contributed by atoms with Crippen LogP contribution in [0.15, 0.2) is 42.5 Å². The molecule has 4 rings (SSSR count). The lowest BCUT2D eigenvalue weighted by atomic mass is 10.0. The number of nitrogens with zero attached hydrogens (tertiary/aromatic N) is 2. The number of aromatic nitrogens is 2. The SMILES string of the molecule is Cc1ccc(F)cc1C(=O)NCc1ccc(-c2nn(C3CCOCC3)c(N)c2C(N)=O)cc1. The Morgan fingerprint density at radius 2 is 1.88 bits per heavy atom. The van der Waals surface area contributed by atoms with Gasteiger partial charge in [0.25, 0.3) is 11.8 Å². The van der Waals surface area contributed by atoms with Crippen molar-refractivity contribution in [2.75, 3.05) is 18.9 Å². The summed E-state index contributed by atoms with van der Waals surface area (Å²) >= 11 is 0. The Balaban J connectivity index is 1.52. The number of aryl methyl sites for hydroxylation is 1. The number of halogens is 1. The predicted octanol–water partition coefficient (Wildman–Crippen LogP) is 2.96. The van der Waals surface area contributed by atoms with Crippen molar-refractivity contribution in [3.63, 3.8) is 0 Å². The number of amides is 2. The van der Waals surface area contributed by atoms with E-state index in [0.29, 0.717) is 35.6 Å². The second kappa shape index (κ2) is 9.41. The van der Waals surface area contributed by atoms with Crippen LogP contribution in [0.1, 0.15) is 50.7 Å². The van der Waals surface area contributed by atoms with Crippen LogP contribution < -0.4 is 16.8 Å². The summed E-state index contributed by atoms with van der Waals surface area (Å²) in [5.74, 6) is -1.19. The van der Waals surface area contributed by atoms with E-state index in [0.717, 1.165) is 18.4 Å². The molecule has 1 aliphatic rings. The minimum atomic E-state index is -0.636. The molecule has 3 aromatic rings. The molecule has 1 fully saturated rings. The van der Waals surface area contributed by atoms with Gasteiger partial charge in [0, 0.05) is 30.9 Å². The Bertz CT molecular complexity index is 1180. The minimum absolute atomic E-state index is 0.0476. The number of hydrogen-bond donors (Lipinski definition) is 3. The quantitative estimate of drug-likeness (QED) is 0.531. The Labute approximate surface area is 190 Å². The summed E-state index contributed by atoms with van der Waals surface area (Å²) in [6.45, 7) is 3.24. The van der Waals surface area contributed by atoms with Gasteiger partial charge in [-0.2, -0.15) is 5.10 Å². The van der Waals surface area contributed by atoms with Gasteiger partial charge in [0.1, 0.15) is 22.9 Å². The largest absolute Gasteiger partial charge is 0.383 e. The van der Waals surface area contributed by atoms with Gasteiger partial charge < -0.3 is 21.5 Å². The van der Waals surface area contributed by atoms with Crippen LogP contribution in [-0.4, -0.2) is 34.8 Å². The van der Waals surface area contributed by atoms with Gasteiger partial charge in [-0.1, -0.05) is 30.3 Å². The van der Waals surface area contributed by atoms with Crippen LogP contribution in [-0.2, 0) is 11.3 Å². The average Bonchev–Trinajstić information content (AvgIpc) is 3.17. The smallest absolute Gasteiger partial charge is 0.254 e. The van der Waals surface area contributed by atoms with Crippen LogP contribution in [0.5, 0.6) is 0 Å². The number of carbonyl (C=O) groups is 2. The number of benzene rings is 2. The van der Waals surface area contributed by atoms with Crippen molar-refractivity contribution >= 4 is 17.6 Å². The predicted molar refractivity (Wildman–Crippen MR) is 122 cm³/mol. The van der Waals surface area contributed by atoms with Crippen molar-refractivity contribution in [3.05, 3.63) is 70.5 Å². The van der Waals surface area contributed by atoms with Gasteiger partial charge in [-0.15, -0.1) is 0 Å². The van der Waals surface area contributed by atoms with Gasteiger partial charge in [-0.05, 0) is 43.0 Å². The lowest BCUT2D eigenvalue weighted by molar-refractivity contribution is 0.0669. The van der Waals surface area contributed by atoms with E-state index in [2.05, 4.69) is 10.4 Å². The summed E-state index contributed by atoms with van der Waals surface area (Å²) in [4.78, 5) is 24.6. The number of carbonyl (C=O) groups excluding carboxylic acids is 2. The molecule has 0 radical (unpaired) electrons. The number of rotatable bonds is 6. The summed E-state index contributed by atoms with van der Waals surface area (Å²) in [7, 11) is 0. The zero-order chi connectivity index (χ0) is 23.5. The molecule has 0 bridgehead atoms. The molecule has 8 nitrogen and oxygen atoms in total. The van der Waals surface area contributed by atoms with E-state index < -0.39 is 11.7 Å². The van der Waals surface area contributed by atoms with Crippen LogP contribution in [0.2, 0.25) is 0 Å². The molecule has 5 N–H and O–H groups in total. The molecular formula is C24H26FN5O3. The maximum Gasteiger partial charge on any atom is 0.254 e. The van der Waals surface area contributed by atoms with E-state index in [9.17, 15) is 14.0 Å². The minimum Gasteiger partial charge on any atom is -0.383 e. The van der Waals surface area contributed by atoms with Crippen LogP contribution in [0, 0.1) is 12.7 Å². The lowest BCUT2D eigenvalue weighted by Gasteiger charge is -2.23. The zero-order valence-electron chi connectivity index (χ0n) is 18.3. The standard InChI is InChI=1S/C24H26FN5O3/c1-14-2-7-17(25)12-19(14)24(32)28-13-15-3-5-16(6-4-15)21-20(23(27)31)22(26)30(29-21)18-8-10-33-11-9-18/h2-7,12,18H,8-11,13,26H2,1H3,(H2,27,31)(H,28,32). The van der Waals surface area contributed by atoms with Crippen molar-refractivity contribution in [1.29, 1.82) is 0 Å². The fourth-order valence-corrected chi connectivity index (χ4v) is 4.00. The van der Waals surface area contributed by atoms with E-state index in [1.165, 1.54) is 12.1 Å². The fraction of sp³-hybridized carbons (Fsp3) is 0.292. The number of ether oxygens (including phenoxy) is 1. The third-order valence-corrected chi connectivity index (χ3v) is 5.86. The molecule has 2 aromatic carbocycles. The number of anilines is 1. The normalized spacial score (nSPS) is 14.2. The first-order valence-corrected chi connectivity index (χ1v) is 10.7. The van der Waals surface area contributed by atoms with Gasteiger partial charge in [-0.25, -0.2) is 9.07 Å². The maximum atomic E-state index is 13.5. The van der Waals surface area contributed by atoms with Crippen molar-refractivity contribution < 1.29 is 18.7 Å². The first-order chi connectivity index (χ1) is 15.8. The first kappa shape index (κ1) is 22.5. The van der Waals surface area contributed by atoms with Crippen LogP contribution >= 0.6 is 0 Å². The van der Waals surface area contributed by atoms with Gasteiger partial charge in [0.15, 0.2) is 0 Å². The van der Waals surface area contributed by atoms with E-state index in [-0.39, 0.29) is 29.9 Å². The van der Waals surface area contributed by atoms with E-state index in [1.54, 1.807) is 29.8 Å². The van der Waals surface area contributed by atoms with Crippen molar-refractivity contribution in [2.45, 2.75) is 32.4 Å². The van der Waals surface area contributed by atoms with Gasteiger partial charge in [-0.3, -0.25) is 9.59 Å². The molecule has 1 aliphatic heterocycles. The van der Waals surface area contributed by atoms with Crippen LogP contribution in [0.3, 0.4) is 0 Å². The number of primary amides is 1. The van der Waals surface area contributed by atoms with E-state index >= 15 is 0 Å². The molecule has 172 valence electrons. The van der Waals surface area contributed by atoms with Gasteiger partial charge >= 0.3 is 0 Å². The third-order valence-electron chi connectivity index (χ3n) is 5.86. The van der Waals surface area contributed by atoms with Gasteiger partial charge in [0.05, 0.1) is 6.04 Å². The summed E-state index contributed by atoms with van der Waals surface area (Å²) in [6.07, 6.45) is 1.51. The average molecular weight is 452 g/mol. The molecule has 2 heterocycles. The Hall–Kier alpha value is -3.72. The monoisotopic (exact) mass is 451 g/mol. The third kappa shape index (κ3) is 4.73. The molecule has 9 heteroatoms. The summed E-state index contributed by atoms with van der Waals surface area (Å²) < 4.78 is 20.6. The Morgan fingerprint density at radius 3 is 2.55 bits per heavy atom. The molecule has 0 atom stereocenters. The fourth-order valence-electron chi connectivity index (χ4n) is 4.00. The molecule has 0 unspecified atom stereocenters. The molecule has 33 heavy (non-hydrogen) atoms. The van der Waals surface area contributed by atoms with Crippen molar-refractivity contribution in [1.82, 2.24) is 15.1 Å². The Kier molecular flexibility index (Phi) is 6.41. The highest BCUT2D eigenvalue weighted by molar-refractivity contribution is 6.03. The number of nitrogens with one attached hydrogen (secondary N) is 1. The topological polar surface area (TPSA) is 125 Å². The summed E-state index contributed by atoms with van der Waals surface area (Å²) in [5, 5.41) is 7.41. The van der Waals surface area contributed by atoms with Crippen LogP contribution in [0.25, 0.3) is 11.3 Å². The molecular weight excluding hydrogens is 425 g/mol. The van der Waals surface area contributed by atoms with Gasteiger partial charge in [0.2, 0.25) is 0 Å². The molecule has 1 saturated heterocycles. The molecule has 0 saturated carbocycles. The first-order valence-electron chi connectivity index (χ1n) is 10.7. The Morgan fingerprint density at radius 1 is 1.18 bits per heavy atom. The van der Waals surface area contributed by atoms with E-state index in [4.69, 9.17) is 16.2 Å². The molecule has 0 aliphatic carbocycles. The van der Waals surface area contributed by atoms with Crippen molar-refractivity contribution in [3.8, 4) is 11.3 Å². The highest BCUT2D eigenvalue weighted by atomic mass is 19.1. The van der Waals surface area contributed by atoms with Crippen molar-refractivity contribution in [2.24, 2.45) is 5.73 Å². The van der Waals surface area contributed by atoms with E-state index in [1.807, 2.05) is 12.1 Å². The number of nitrogen functional groups attached to an aromatic ring is 1. The summed E-state index contributed by atoms with van der Waals surface area (Å²) in [5.41, 5.74) is 15.0. The number of hydrogen-bond acceptors (Lipinski definition) is 5. The highest BCUT2D eigenvalue weighted by Crippen LogP contribution is 2.32. The van der Waals surface area contributed by atoms with Crippen LogP contribution in [0.4, 0.5) is 10.2 Å². The molecule has 1 aromatic heterocycles.